The summed E-state index contributed by atoms with van der Waals surface area (Å²) in [5.74, 6) is -0.289. The second-order valence-corrected chi connectivity index (χ2v) is 3.96. The smallest absolute Gasteiger partial charge is 0.337 e. The minimum atomic E-state index is -0.937. The average molecular weight is 242 g/mol. The van der Waals surface area contributed by atoms with Gasteiger partial charge in [0.15, 0.2) is 6.39 Å². The molecule has 3 aromatic rings. The van der Waals surface area contributed by atoms with Gasteiger partial charge in [-0.15, -0.1) is 0 Å². The first-order chi connectivity index (χ1) is 8.75. The Bertz CT molecular complexity index is 698. The van der Waals surface area contributed by atoms with Crippen molar-refractivity contribution in [3.8, 4) is 0 Å². The van der Waals surface area contributed by atoms with Crippen LogP contribution < -0.4 is 0 Å². The standard InChI is InChI=1S/C13H10N2O3/c16-13(17)11-7-15-4-2-1-3-12(15)10(11)5-9-6-14-8-18-9/h1-4,6-8H,5H2,(H,16,17). The first-order valence-electron chi connectivity index (χ1n) is 5.45. The van der Waals surface area contributed by atoms with E-state index in [1.54, 1.807) is 16.8 Å². The summed E-state index contributed by atoms with van der Waals surface area (Å²) in [4.78, 5) is 15.1. The molecule has 1 N–H and O–H groups in total. The van der Waals surface area contributed by atoms with E-state index in [4.69, 9.17) is 4.42 Å². The Hall–Kier alpha value is -2.56. The number of oxazole rings is 1. The number of hydrogen-bond donors (Lipinski definition) is 1. The molecule has 5 nitrogen and oxygen atoms in total. The van der Waals surface area contributed by atoms with Gasteiger partial charge in [0.05, 0.1) is 11.8 Å². The Morgan fingerprint density at radius 2 is 2.33 bits per heavy atom. The van der Waals surface area contributed by atoms with Crippen molar-refractivity contribution in [3.63, 3.8) is 0 Å². The Labute approximate surface area is 102 Å². The first-order valence-corrected chi connectivity index (χ1v) is 5.45. The molecule has 3 aromatic heterocycles. The van der Waals surface area contributed by atoms with Crippen molar-refractivity contribution in [2.24, 2.45) is 0 Å². The molecule has 0 aromatic carbocycles. The van der Waals surface area contributed by atoms with E-state index in [9.17, 15) is 9.90 Å². The fourth-order valence-electron chi connectivity index (χ4n) is 2.05. The van der Waals surface area contributed by atoms with Crippen LogP contribution in [0.2, 0.25) is 0 Å². The van der Waals surface area contributed by atoms with Crippen LogP contribution in [0.5, 0.6) is 0 Å². The summed E-state index contributed by atoms with van der Waals surface area (Å²) in [7, 11) is 0. The molecule has 0 bridgehead atoms. The van der Waals surface area contributed by atoms with Crippen LogP contribution in [0.15, 0.2) is 47.6 Å². The van der Waals surface area contributed by atoms with Crippen LogP contribution in [-0.4, -0.2) is 20.5 Å². The van der Waals surface area contributed by atoms with Crippen molar-refractivity contribution in [2.75, 3.05) is 0 Å². The summed E-state index contributed by atoms with van der Waals surface area (Å²) in [5, 5.41) is 9.24. The van der Waals surface area contributed by atoms with Gasteiger partial charge in [0.25, 0.3) is 0 Å². The van der Waals surface area contributed by atoms with Crippen molar-refractivity contribution in [1.82, 2.24) is 9.38 Å². The second-order valence-electron chi connectivity index (χ2n) is 3.96. The highest BCUT2D eigenvalue weighted by atomic mass is 16.4. The van der Waals surface area contributed by atoms with Crippen LogP contribution in [0.25, 0.3) is 5.52 Å². The Balaban J connectivity index is 2.18. The number of aromatic nitrogens is 2. The van der Waals surface area contributed by atoms with Crippen molar-refractivity contribution in [1.29, 1.82) is 0 Å². The quantitative estimate of drug-likeness (QED) is 0.764. The third kappa shape index (κ3) is 1.66. The number of aromatic carboxylic acids is 1. The number of pyridine rings is 1. The predicted molar refractivity (Wildman–Crippen MR) is 63.7 cm³/mol. The Morgan fingerprint density at radius 1 is 1.44 bits per heavy atom. The molecular weight excluding hydrogens is 232 g/mol. The highest BCUT2D eigenvalue weighted by Crippen LogP contribution is 2.22. The molecule has 0 fully saturated rings. The molecule has 0 amide bonds. The number of carboxylic acids is 1. The molecule has 0 spiro atoms. The van der Waals surface area contributed by atoms with E-state index in [0.717, 1.165) is 11.1 Å². The van der Waals surface area contributed by atoms with Gasteiger partial charge in [0.1, 0.15) is 5.76 Å². The molecule has 3 rings (SSSR count). The molecule has 0 aliphatic rings. The lowest BCUT2D eigenvalue weighted by molar-refractivity contribution is 0.0696. The minimum Gasteiger partial charge on any atom is -0.478 e. The van der Waals surface area contributed by atoms with E-state index in [0.29, 0.717) is 12.2 Å². The van der Waals surface area contributed by atoms with Gasteiger partial charge in [-0.3, -0.25) is 0 Å². The lowest BCUT2D eigenvalue weighted by Crippen LogP contribution is -1.99. The third-order valence-electron chi connectivity index (χ3n) is 2.86. The maximum atomic E-state index is 11.3. The van der Waals surface area contributed by atoms with Crippen LogP contribution >= 0.6 is 0 Å². The molecule has 3 heterocycles. The van der Waals surface area contributed by atoms with Crippen molar-refractivity contribution < 1.29 is 14.3 Å². The van der Waals surface area contributed by atoms with Crippen molar-refractivity contribution in [3.05, 3.63) is 60.1 Å². The Morgan fingerprint density at radius 3 is 3.06 bits per heavy atom. The fourth-order valence-corrected chi connectivity index (χ4v) is 2.05. The van der Waals surface area contributed by atoms with Gasteiger partial charge in [-0.2, -0.15) is 0 Å². The lowest BCUT2D eigenvalue weighted by Gasteiger charge is -1.99. The van der Waals surface area contributed by atoms with Gasteiger partial charge in [-0.1, -0.05) is 6.07 Å². The molecule has 18 heavy (non-hydrogen) atoms. The number of carboxylic acid groups (broad SMARTS) is 1. The zero-order valence-electron chi connectivity index (χ0n) is 9.41. The lowest BCUT2D eigenvalue weighted by atomic mass is 10.1. The number of nitrogens with zero attached hydrogens (tertiary/aromatic N) is 2. The van der Waals surface area contributed by atoms with Crippen molar-refractivity contribution >= 4 is 11.5 Å². The second kappa shape index (κ2) is 4.03. The van der Waals surface area contributed by atoms with Gasteiger partial charge in [-0.25, -0.2) is 9.78 Å². The molecule has 0 saturated heterocycles. The molecular formula is C13H10N2O3. The Kier molecular flexibility index (Phi) is 2.37. The predicted octanol–water partition coefficient (Wildman–Crippen LogP) is 2.22. The van der Waals surface area contributed by atoms with Gasteiger partial charge < -0.3 is 13.9 Å². The maximum Gasteiger partial charge on any atom is 0.337 e. The molecule has 0 atom stereocenters. The summed E-state index contributed by atoms with van der Waals surface area (Å²) in [5.41, 5.74) is 1.89. The first kappa shape index (κ1) is 10.6. The SMILES string of the molecule is O=C(O)c1cn2ccccc2c1Cc1cnco1. The number of rotatable bonds is 3. The molecule has 0 unspecified atom stereocenters. The largest absolute Gasteiger partial charge is 0.478 e. The zero-order chi connectivity index (χ0) is 12.5. The van der Waals surface area contributed by atoms with Gasteiger partial charge in [0, 0.05) is 24.3 Å². The molecule has 0 saturated carbocycles. The summed E-state index contributed by atoms with van der Waals surface area (Å²) in [6.07, 6.45) is 6.79. The summed E-state index contributed by atoms with van der Waals surface area (Å²) >= 11 is 0. The zero-order valence-corrected chi connectivity index (χ0v) is 9.41. The molecule has 5 heteroatoms. The van der Waals surface area contributed by atoms with E-state index in [1.807, 2.05) is 24.4 Å². The van der Waals surface area contributed by atoms with Crippen LogP contribution in [0.3, 0.4) is 0 Å². The van der Waals surface area contributed by atoms with Crippen LogP contribution in [0, 0.1) is 0 Å². The topological polar surface area (TPSA) is 67.7 Å². The summed E-state index contributed by atoms with van der Waals surface area (Å²) in [6.45, 7) is 0. The average Bonchev–Trinajstić information content (AvgIpc) is 2.98. The van der Waals surface area contributed by atoms with Gasteiger partial charge in [-0.05, 0) is 17.7 Å². The van der Waals surface area contributed by atoms with E-state index in [1.165, 1.54) is 6.39 Å². The maximum absolute atomic E-state index is 11.3. The monoisotopic (exact) mass is 242 g/mol. The van der Waals surface area contributed by atoms with E-state index in [-0.39, 0.29) is 5.56 Å². The summed E-state index contributed by atoms with van der Waals surface area (Å²) < 4.78 is 6.98. The van der Waals surface area contributed by atoms with E-state index in [2.05, 4.69) is 4.98 Å². The molecule has 0 aliphatic heterocycles. The molecule has 0 radical (unpaired) electrons. The van der Waals surface area contributed by atoms with Gasteiger partial charge >= 0.3 is 5.97 Å². The van der Waals surface area contributed by atoms with Crippen LogP contribution in [0.4, 0.5) is 0 Å². The van der Waals surface area contributed by atoms with E-state index >= 15 is 0 Å². The van der Waals surface area contributed by atoms with E-state index < -0.39 is 5.97 Å². The van der Waals surface area contributed by atoms with Crippen LogP contribution in [-0.2, 0) is 6.42 Å². The molecule has 90 valence electrons. The highest BCUT2D eigenvalue weighted by Gasteiger charge is 2.17. The summed E-state index contributed by atoms with van der Waals surface area (Å²) in [6, 6.07) is 5.62. The fraction of sp³-hybridized carbons (Fsp3) is 0.0769. The molecule has 0 aliphatic carbocycles. The minimum absolute atomic E-state index is 0.289. The van der Waals surface area contributed by atoms with Crippen LogP contribution in [0.1, 0.15) is 21.7 Å². The number of hydrogen-bond acceptors (Lipinski definition) is 3. The normalized spacial score (nSPS) is 10.9. The number of carbonyl (C=O) groups is 1. The highest BCUT2D eigenvalue weighted by molar-refractivity contribution is 5.92. The van der Waals surface area contributed by atoms with Gasteiger partial charge in [0.2, 0.25) is 0 Å². The number of fused-ring (bicyclic) bond motifs is 1. The van der Waals surface area contributed by atoms with Crippen molar-refractivity contribution in [2.45, 2.75) is 6.42 Å². The third-order valence-corrected chi connectivity index (χ3v) is 2.86.